The standard InChI is InChI=1S/C49H79N7O11/c1-14-29(8)41-38(57)25-39(58)52-40(28(6)7)43(59)30(9)44(60)51-35(23-27(4)5)47(63)56-21-15-16-36(56)48(64)55(12)37(24-32-17-19-33(66-13)20-18-32)49(65)67-31(10)42(46(62)53-41)54-45(61)34(50-11)22-26(2)3/h17-20,26-31,34-38,40-42,50,57H,14-16,21-25H2,1-13H3,(H,51,60)(H,52,58)(H,53,62)(H,54,61)/t29-,30-,31-,34+,35+,36-,37-,38+,40+,41+,42-/m0/s1. The van der Waals surface area contributed by atoms with E-state index in [2.05, 4.69) is 26.6 Å². The number of rotatable bonds is 13. The molecule has 3 rings (SSSR count). The van der Waals surface area contributed by atoms with Crippen molar-refractivity contribution in [2.45, 2.75) is 169 Å². The highest BCUT2D eigenvalue weighted by atomic mass is 16.5. The SMILES string of the molecule is CC[C@H](C)[C@H]1NC(=O)[C@@H](NC(=O)[C@@H](CC(C)C)NC)[C@H](C)OC(=O)[C@H](Cc2ccc(OC)cc2)N(C)C(=O)[C@@H]2CCCN2C(=O)[C@@H](CC(C)C)NC(=O)[C@@H](C)C(=O)[C@@H](C(C)C)NC(=O)C[C@H]1O. The van der Waals surface area contributed by atoms with E-state index in [1.807, 2.05) is 34.6 Å². The van der Waals surface area contributed by atoms with Crippen LogP contribution in [0.2, 0.25) is 0 Å². The quantitative estimate of drug-likeness (QED) is 0.123. The molecule has 11 atom stereocenters. The molecule has 2 heterocycles. The smallest absolute Gasteiger partial charge is 0.329 e. The van der Waals surface area contributed by atoms with Gasteiger partial charge in [0.1, 0.15) is 36.0 Å². The minimum atomic E-state index is -1.52. The van der Waals surface area contributed by atoms with Crippen LogP contribution >= 0.6 is 0 Å². The molecule has 0 unspecified atom stereocenters. The summed E-state index contributed by atoms with van der Waals surface area (Å²) in [7, 11) is 4.57. The van der Waals surface area contributed by atoms with Gasteiger partial charge in [0, 0.05) is 20.0 Å². The molecule has 0 spiro atoms. The summed E-state index contributed by atoms with van der Waals surface area (Å²) in [5.74, 6) is -7.03. The Balaban J connectivity index is 2.23. The number of ketones is 1. The number of esters is 1. The van der Waals surface area contributed by atoms with Gasteiger partial charge >= 0.3 is 5.97 Å². The number of hydrogen-bond donors (Lipinski definition) is 6. The Labute approximate surface area is 397 Å². The molecule has 18 nitrogen and oxygen atoms in total. The van der Waals surface area contributed by atoms with Gasteiger partial charge in [0.2, 0.25) is 35.4 Å². The molecule has 0 radical (unpaired) electrons. The minimum absolute atomic E-state index is 0.0441. The molecule has 0 aromatic heterocycles. The third-order valence-electron chi connectivity index (χ3n) is 13.0. The molecule has 2 aliphatic rings. The van der Waals surface area contributed by atoms with E-state index in [-0.39, 0.29) is 37.6 Å². The van der Waals surface area contributed by atoms with Crippen molar-refractivity contribution in [2.24, 2.45) is 29.6 Å². The second-order valence-electron chi connectivity index (χ2n) is 19.6. The second-order valence-corrected chi connectivity index (χ2v) is 19.6. The van der Waals surface area contributed by atoms with Gasteiger partial charge in [-0.15, -0.1) is 0 Å². The summed E-state index contributed by atoms with van der Waals surface area (Å²) in [6, 6.07) is -1.00. The summed E-state index contributed by atoms with van der Waals surface area (Å²) in [5, 5.41) is 25.7. The van der Waals surface area contributed by atoms with E-state index in [1.54, 1.807) is 52.1 Å². The number of cyclic esters (lactones) is 1. The summed E-state index contributed by atoms with van der Waals surface area (Å²) < 4.78 is 11.4. The van der Waals surface area contributed by atoms with Crippen molar-refractivity contribution >= 4 is 47.2 Å². The van der Waals surface area contributed by atoms with Gasteiger partial charge in [0.05, 0.1) is 43.7 Å². The first kappa shape index (κ1) is 56.2. The Morgan fingerprint density at radius 2 is 1.55 bits per heavy atom. The number of benzene rings is 1. The lowest BCUT2D eigenvalue weighted by molar-refractivity contribution is -0.162. The van der Waals surface area contributed by atoms with Crippen LogP contribution in [0.1, 0.15) is 113 Å². The number of ether oxygens (including phenoxy) is 2. The van der Waals surface area contributed by atoms with Gasteiger partial charge in [0.15, 0.2) is 5.78 Å². The Morgan fingerprint density at radius 3 is 2.10 bits per heavy atom. The average molecular weight is 942 g/mol. The molecule has 6 N–H and O–H groups in total. The highest BCUT2D eigenvalue weighted by Gasteiger charge is 2.44. The summed E-state index contributed by atoms with van der Waals surface area (Å²) >= 11 is 0. The number of aliphatic hydroxyl groups excluding tert-OH is 1. The fourth-order valence-electron chi connectivity index (χ4n) is 8.68. The molecule has 1 aromatic rings. The highest BCUT2D eigenvalue weighted by Crippen LogP contribution is 2.25. The van der Waals surface area contributed by atoms with E-state index < -0.39 is 126 Å². The number of nitrogens with one attached hydrogen (secondary N) is 5. The van der Waals surface area contributed by atoms with Crippen molar-refractivity contribution in [3.05, 3.63) is 29.8 Å². The summed E-state index contributed by atoms with van der Waals surface area (Å²) in [5.41, 5.74) is 0.636. The molecular formula is C49H79N7O11. The lowest BCUT2D eigenvalue weighted by atomic mass is 9.89. The zero-order valence-corrected chi connectivity index (χ0v) is 42.0. The van der Waals surface area contributed by atoms with Crippen LogP contribution in [-0.2, 0) is 49.5 Å². The Morgan fingerprint density at radius 1 is 0.910 bits per heavy atom. The van der Waals surface area contributed by atoms with E-state index >= 15 is 0 Å². The van der Waals surface area contributed by atoms with Gasteiger partial charge in [-0.25, -0.2) is 4.79 Å². The maximum atomic E-state index is 14.7. The number of carbonyl (C=O) groups excluding carboxylic acids is 8. The molecule has 2 saturated heterocycles. The van der Waals surface area contributed by atoms with Gasteiger partial charge in [-0.2, -0.15) is 0 Å². The molecule has 2 fully saturated rings. The maximum absolute atomic E-state index is 14.7. The predicted octanol–water partition coefficient (Wildman–Crippen LogP) is 2.28. The Hall–Kier alpha value is -5.10. The van der Waals surface area contributed by atoms with E-state index in [4.69, 9.17) is 9.47 Å². The number of aliphatic hydroxyl groups is 1. The molecule has 1 aromatic carbocycles. The molecule has 67 heavy (non-hydrogen) atoms. The van der Waals surface area contributed by atoms with Crippen molar-refractivity contribution in [1.82, 2.24) is 36.4 Å². The monoisotopic (exact) mass is 942 g/mol. The number of amides is 6. The van der Waals surface area contributed by atoms with Crippen molar-refractivity contribution in [3.63, 3.8) is 0 Å². The number of methoxy groups -OCH3 is 1. The van der Waals surface area contributed by atoms with Crippen LogP contribution in [0.25, 0.3) is 0 Å². The topological polar surface area (TPSA) is 242 Å². The zero-order valence-electron chi connectivity index (χ0n) is 42.0. The van der Waals surface area contributed by atoms with Crippen molar-refractivity contribution in [1.29, 1.82) is 0 Å². The molecule has 6 amide bonds. The third-order valence-corrected chi connectivity index (χ3v) is 13.0. The first-order valence-electron chi connectivity index (χ1n) is 24.0. The lowest BCUT2D eigenvalue weighted by Gasteiger charge is -2.35. The highest BCUT2D eigenvalue weighted by molar-refractivity contribution is 6.06. The van der Waals surface area contributed by atoms with Crippen LogP contribution in [0, 0.1) is 29.6 Å². The first-order valence-corrected chi connectivity index (χ1v) is 24.0. The van der Waals surface area contributed by atoms with Crippen molar-refractivity contribution < 1.29 is 52.9 Å². The van der Waals surface area contributed by atoms with Gasteiger partial charge in [0.25, 0.3) is 0 Å². The normalized spacial score (nSPS) is 27.8. The van der Waals surface area contributed by atoms with Gasteiger partial charge in [-0.05, 0) is 87.9 Å². The fourth-order valence-corrected chi connectivity index (χ4v) is 8.68. The Kier molecular flexibility index (Phi) is 21.7. The lowest BCUT2D eigenvalue weighted by Crippen LogP contribution is -2.61. The predicted molar refractivity (Wildman–Crippen MR) is 252 cm³/mol. The van der Waals surface area contributed by atoms with Gasteiger partial charge in [-0.1, -0.05) is 73.9 Å². The fraction of sp³-hybridized carbons (Fsp3) is 0.714. The molecule has 376 valence electrons. The van der Waals surface area contributed by atoms with E-state index in [1.165, 1.54) is 37.8 Å². The van der Waals surface area contributed by atoms with Crippen LogP contribution in [0.4, 0.5) is 0 Å². The summed E-state index contributed by atoms with van der Waals surface area (Å²) in [4.78, 5) is 116. The molecule has 0 saturated carbocycles. The average Bonchev–Trinajstić information content (AvgIpc) is 3.77. The molecule has 0 bridgehead atoms. The number of carbonyl (C=O) groups is 8. The van der Waals surface area contributed by atoms with Gasteiger partial charge < -0.3 is 51.0 Å². The van der Waals surface area contributed by atoms with E-state index in [0.29, 0.717) is 30.6 Å². The summed E-state index contributed by atoms with van der Waals surface area (Å²) in [6.07, 6.45) is -1.64. The largest absolute Gasteiger partial charge is 0.497 e. The van der Waals surface area contributed by atoms with Crippen LogP contribution in [0.3, 0.4) is 0 Å². The molecular weight excluding hydrogens is 863 g/mol. The Bertz CT molecular complexity index is 1870. The number of likely N-dealkylation sites (N-methyl/N-ethyl adjacent to an activating group) is 2. The van der Waals surface area contributed by atoms with Crippen molar-refractivity contribution in [2.75, 3.05) is 27.7 Å². The third kappa shape index (κ3) is 15.5. The second kappa shape index (κ2) is 25.9. The number of nitrogens with zero attached hydrogens (tertiary/aromatic N) is 2. The molecule has 18 heteroatoms. The van der Waals surface area contributed by atoms with Crippen LogP contribution in [0.5, 0.6) is 5.75 Å². The molecule has 0 aliphatic carbocycles. The number of hydrogen-bond acceptors (Lipinski definition) is 12. The van der Waals surface area contributed by atoms with Crippen LogP contribution in [-0.4, -0.2) is 144 Å². The molecule has 2 aliphatic heterocycles. The van der Waals surface area contributed by atoms with Crippen molar-refractivity contribution in [3.8, 4) is 5.75 Å². The van der Waals surface area contributed by atoms with Crippen LogP contribution < -0.4 is 31.3 Å². The summed E-state index contributed by atoms with van der Waals surface area (Å²) in [6.45, 7) is 17.7. The first-order chi connectivity index (χ1) is 31.4. The van der Waals surface area contributed by atoms with E-state index in [0.717, 1.165) is 0 Å². The number of fused-ring (bicyclic) bond motifs is 1. The van der Waals surface area contributed by atoms with E-state index in [9.17, 15) is 43.5 Å². The van der Waals surface area contributed by atoms with Gasteiger partial charge in [-0.3, -0.25) is 33.6 Å². The number of Topliss-reactive ketones (excluding diaryl/α,β-unsaturated/α-hetero) is 1. The minimum Gasteiger partial charge on any atom is -0.497 e. The maximum Gasteiger partial charge on any atom is 0.329 e. The zero-order chi connectivity index (χ0) is 50.4. The van der Waals surface area contributed by atoms with Crippen LogP contribution in [0.15, 0.2) is 24.3 Å².